The van der Waals surface area contributed by atoms with E-state index in [4.69, 9.17) is 0 Å². The number of sulfonamides is 1. The minimum absolute atomic E-state index is 0.124. The van der Waals surface area contributed by atoms with Crippen molar-refractivity contribution in [2.45, 2.75) is 38.9 Å². The summed E-state index contributed by atoms with van der Waals surface area (Å²) >= 11 is 6.83. The van der Waals surface area contributed by atoms with Crippen LogP contribution in [-0.4, -0.2) is 50.0 Å². The Kier molecular flexibility index (Phi) is 10.5. The van der Waals surface area contributed by atoms with Gasteiger partial charge in [0.05, 0.1) is 11.9 Å². The highest BCUT2D eigenvalue weighted by Gasteiger charge is 2.33. The number of carbonyl (C=O) groups is 2. The van der Waals surface area contributed by atoms with Crippen LogP contribution in [0.3, 0.4) is 0 Å². The Balaban J connectivity index is 2.05. The molecule has 0 aliphatic heterocycles. The van der Waals surface area contributed by atoms with Crippen LogP contribution in [0, 0.1) is 0 Å². The van der Waals surface area contributed by atoms with Crippen molar-refractivity contribution in [1.82, 2.24) is 10.2 Å². The summed E-state index contributed by atoms with van der Waals surface area (Å²) in [6.07, 6.45) is 1.34. The van der Waals surface area contributed by atoms with E-state index in [1.165, 1.54) is 4.90 Å². The van der Waals surface area contributed by atoms with Gasteiger partial charge in [0, 0.05) is 28.0 Å². The number of nitrogens with one attached hydrogen (secondary N) is 1. The lowest BCUT2D eigenvalue weighted by atomic mass is 10.0. The molecular weight excluding hydrogens is 634 g/mol. The number of halogens is 2. The second kappa shape index (κ2) is 13.4. The van der Waals surface area contributed by atoms with Crippen LogP contribution in [0.15, 0.2) is 87.8 Å². The minimum atomic E-state index is -3.80. The van der Waals surface area contributed by atoms with Gasteiger partial charge in [-0.15, -0.1) is 0 Å². The highest BCUT2D eigenvalue weighted by Crippen LogP contribution is 2.23. The van der Waals surface area contributed by atoms with Gasteiger partial charge in [0.1, 0.15) is 12.6 Å². The van der Waals surface area contributed by atoms with E-state index >= 15 is 0 Å². The quantitative estimate of drug-likeness (QED) is 0.308. The Bertz CT molecular complexity index is 1350. The summed E-state index contributed by atoms with van der Waals surface area (Å²) in [6.45, 7) is 3.39. The first-order valence-electron chi connectivity index (χ1n) is 12.1. The van der Waals surface area contributed by atoms with Gasteiger partial charge in [0.25, 0.3) is 0 Å². The smallest absolute Gasteiger partial charge is 0.244 e. The van der Waals surface area contributed by atoms with Crippen molar-refractivity contribution in [1.29, 1.82) is 0 Å². The number of benzene rings is 3. The Hall–Kier alpha value is -2.69. The fourth-order valence-electron chi connectivity index (χ4n) is 3.99. The Morgan fingerprint density at radius 2 is 1.50 bits per heavy atom. The van der Waals surface area contributed by atoms with Gasteiger partial charge in [-0.3, -0.25) is 13.9 Å². The number of hydrogen-bond donors (Lipinski definition) is 1. The van der Waals surface area contributed by atoms with Gasteiger partial charge in [0.15, 0.2) is 0 Å². The molecule has 0 aliphatic carbocycles. The molecule has 0 bridgehead atoms. The zero-order chi connectivity index (χ0) is 27.9. The largest absolute Gasteiger partial charge is 0.352 e. The van der Waals surface area contributed by atoms with Crippen LogP contribution >= 0.6 is 31.9 Å². The van der Waals surface area contributed by atoms with Crippen molar-refractivity contribution in [2.24, 2.45) is 0 Å². The molecule has 0 saturated carbocycles. The van der Waals surface area contributed by atoms with Gasteiger partial charge < -0.3 is 10.2 Å². The highest BCUT2D eigenvalue weighted by molar-refractivity contribution is 9.10. The molecule has 3 aromatic rings. The summed E-state index contributed by atoms with van der Waals surface area (Å²) in [5.41, 5.74) is 2.05. The van der Waals surface area contributed by atoms with Gasteiger partial charge in [0.2, 0.25) is 21.8 Å². The van der Waals surface area contributed by atoms with Crippen molar-refractivity contribution in [3.8, 4) is 0 Å². The Morgan fingerprint density at radius 3 is 2.08 bits per heavy atom. The Morgan fingerprint density at radius 1 is 0.868 bits per heavy atom. The number of anilines is 1. The summed E-state index contributed by atoms with van der Waals surface area (Å²) < 4.78 is 28.2. The third-order valence-electron chi connectivity index (χ3n) is 5.74. The molecule has 0 heterocycles. The van der Waals surface area contributed by atoms with Gasteiger partial charge in [-0.05, 0) is 61.4 Å². The molecule has 0 saturated heterocycles. The van der Waals surface area contributed by atoms with Crippen molar-refractivity contribution in [2.75, 3.05) is 17.1 Å². The molecule has 3 rings (SSSR count). The molecule has 1 N–H and O–H groups in total. The predicted molar refractivity (Wildman–Crippen MR) is 158 cm³/mol. The third-order valence-corrected chi connectivity index (χ3v) is 7.90. The number of hydrogen-bond acceptors (Lipinski definition) is 4. The average molecular weight is 665 g/mol. The standard InChI is InChI=1S/C28H31Br2N3O4S/c1-20(2)31-28(35)26(17-21-8-5-4-6-9-21)32(18-22-10-7-11-24(30)16-22)27(34)19-33(38(3,36)37)25-14-12-23(29)13-15-25/h4-16,20,26H,17-19H2,1-3H3,(H,31,35)/t26-/m1/s1. The molecule has 3 aromatic carbocycles. The summed E-state index contributed by atoms with van der Waals surface area (Å²) in [4.78, 5) is 28.9. The lowest BCUT2D eigenvalue weighted by Crippen LogP contribution is -2.54. The fourth-order valence-corrected chi connectivity index (χ4v) is 5.55. The molecule has 0 unspecified atom stereocenters. The van der Waals surface area contributed by atoms with E-state index in [1.807, 2.05) is 68.4 Å². The van der Waals surface area contributed by atoms with Crippen molar-refractivity contribution < 1.29 is 18.0 Å². The molecule has 0 radical (unpaired) electrons. The van der Waals surface area contributed by atoms with Crippen LogP contribution in [-0.2, 0) is 32.6 Å². The first kappa shape index (κ1) is 29.9. The second-order valence-electron chi connectivity index (χ2n) is 9.27. The maximum atomic E-state index is 14.0. The molecule has 38 heavy (non-hydrogen) atoms. The van der Waals surface area contributed by atoms with Gasteiger partial charge in [-0.1, -0.05) is 74.3 Å². The lowest BCUT2D eigenvalue weighted by molar-refractivity contribution is -0.140. The summed E-state index contributed by atoms with van der Waals surface area (Å²) in [7, 11) is -3.80. The monoisotopic (exact) mass is 663 g/mol. The molecule has 202 valence electrons. The summed E-state index contributed by atoms with van der Waals surface area (Å²) in [6, 6.07) is 22.6. The molecule has 0 aliphatic rings. The molecule has 0 fully saturated rings. The van der Waals surface area contributed by atoms with Crippen molar-refractivity contribution in [3.05, 3.63) is 98.9 Å². The van der Waals surface area contributed by atoms with Gasteiger partial charge in [-0.25, -0.2) is 8.42 Å². The Labute approximate surface area is 241 Å². The molecule has 2 amide bonds. The average Bonchev–Trinajstić information content (AvgIpc) is 2.85. The normalized spacial score (nSPS) is 12.2. The van der Waals surface area contributed by atoms with E-state index < -0.39 is 28.5 Å². The molecule has 1 atom stereocenters. The van der Waals surface area contributed by atoms with E-state index in [2.05, 4.69) is 37.2 Å². The maximum absolute atomic E-state index is 14.0. The molecule has 0 aromatic heterocycles. The first-order valence-corrected chi connectivity index (χ1v) is 15.5. The number of rotatable bonds is 11. The summed E-state index contributed by atoms with van der Waals surface area (Å²) in [5.74, 6) is -0.792. The third kappa shape index (κ3) is 8.68. The van der Waals surface area contributed by atoms with Crippen LogP contribution < -0.4 is 9.62 Å². The fraction of sp³-hybridized carbons (Fsp3) is 0.286. The molecule has 10 heteroatoms. The molecular formula is C28H31Br2N3O4S. The van der Waals surface area contributed by atoms with Crippen LogP contribution in [0.4, 0.5) is 5.69 Å². The van der Waals surface area contributed by atoms with E-state index in [9.17, 15) is 18.0 Å². The SMILES string of the molecule is CC(C)NC(=O)[C@@H](Cc1ccccc1)N(Cc1cccc(Br)c1)C(=O)CN(c1ccc(Br)cc1)S(C)(=O)=O. The van der Waals surface area contributed by atoms with Crippen LogP contribution in [0.25, 0.3) is 0 Å². The number of amides is 2. The first-order chi connectivity index (χ1) is 17.9. The van der Waals surface area contributed by atoms with Crippen molar-refractivity contribution >= 4 is 59.4 Å². The van der Waals surface area contributed by atoms with Gasteiger partial charge in [-0.2, -0.15) is 0 Å². The summed E-state index contributed by atoms with van der Waals surface area (Å²) in [5, 5.41) is 2.94. The topological polar surface area (TPSA) is 86.8 Å². The maximum Gasteiger partial charge on any atom is 0.244 e. The number of nitrogens with zero attached hydrogens (tertiary/aromatic N) is 2. The zero-order valence-electron chi connectivity index (χ0n) is 21.5. The van der Waals surface area contributed by atoms with Crippen molar-refractivity contribution in [3.63, 3.8) is 0 Å². The van der Waals surface area contributed by atoms with Crippen LogP contribution in [0.5, 0.6) is 0 Å². The minimum Gasteiger partial charge on any atom is -0.352 e. The number of carbonyl (C=O) groups excluding carboxylic acids is 2. The van der Waals surface area contributed by atoms with E-state index in [1.54, 1.807) is 24.3 Å². The van der Waals surface area contributed by atoms with Gasteiger partial charge >= 0.3 is 0 Å². The molecule has 7 nitrogen and oxygen atoms in total. The van der Waals surface area contributed by atoms with Crippen LogP contribution in [0.2, 0.25) is 0 Å². The zero-order valence-corrected chi connectivity index (χ0v) is 25.5. The van der Waals surface area contributed by atoms with E-state index in [-0.39, 0.29) is 24.9 Å². The lowest BCUT2D eigenvalue weighted by Gasteiger charge is -2.34. The van der Waals surface area contributed by atoms with E-state index in [0.29, 0.717) is 5.69 Å². The molecule has 0 spiro atoms. The van der Waals surface area contributed by atoms with Crippen LogP contribution in [0.1, 0.15) is 25.0 Å². The van der Waals surface area contributed by atoms with E-state index in [0.717, 1.165) is 30.6 Å². The predicted octanol–water partition coefficient (Wildman–Crippen LogP) is 5.14. The highest BCUT2D eigenvalue weighted by atomic mass is 79.9. The second-order valence-corrected chi connectivity index (χ2v) is 13.0.